The minimum atomic E-state index is -1.21. The van der Waals surface area contributed by atoms with Crippen molar-refractivity contribution in [3.05, 3.63) is 17.7 Å². The van der Waals surface area contributed by atoms with Crippen molar-refractivity contribution in [2.75, 3.05) is 12.3 Å². The summed E-state index contributed by atoms with van der Waals surface area (Å²) in [6.07, 6.45) is 6.00. The summed E-state index contributed by atoms with van der Waals surface area (Å²) in [6, 6.07) is 0.706. The summed E-state index contributed by atoms with van der Waals surface area (Å²) in [7, 11) is 3.86. The van der Waals surface area contributed by atoms with Crippen LogP contribution < -0.4 is 10.6 Å². The molecule has 0 aromatic heterocycles. The van der Waals surface area contributed by atoms with Gasteiger partial charge >= 0.3 is 5.97 Å². The number of rotatable bonds is 13. The molecule has 1 fully saturated rings. The van der Waals surface area contributed by atoms with Crippen molar-refractivity contribution in [1.82, 2.24) is 10.6 Å². The molecule has 2 rings (SSSR count). The predicted molar refractivity (Wildman–Crippen MR) is 124 cm³/mol. The first-order valence-corrected chi connectivity index (χ1v) is 13.0. The number of amides is 2. The summed E-state index contributed by atoms with van der Waals surface area (Å²) in [5, 5.41) is 43.5. The zero-order valence-electron chi connectivity index (χ0n) is 17.7. The maximum absolute atomic E-state index is 12.2. The molecule has 1 aliphatic heterocycles. The average Bonchev–Trinajstić information content (AvgIpc) is 3.27. The topological polar surface area (TPSA) is 156 Å². The average molecular weight is 487 g/mol. The van der Waals surface area contributed by atoms with Crippen LogP contribution in [0.5, 0.6) is 17.2 Å². The first-order chi connectivity index (χ1) is 15.3. The van der Waals surface area contributed by atoms with Crippen LogP contribution in [0.1, 0.15) is 61.7 Å². The van der Waals surface area contributed by atoms with E-state index in [9.17, 15) is 34.8 Å². The van der Waals surface area contributed by atoms with Crippen molar-refractivity contribution >= 4 is 39.4 Å². The number of benzene rings is 1. The Morgan fingerprint density at radius 3 is 2.41 bits per heavy atom. The van der Waals surface area contributed by atoms with Gasteiger partial charge in [-0.3, -0.25) is 9.59 Å². The van der Waals surface area contributed by atoms with Gasteiger partial charge in [-0.1, -0.05) is 28.0 Å². The molecule has 1 saturated heterocycles. The molecule has 2 amide bonds. The van der Waals surface area contributed by atoms with Gasteiger partial charge in [0.15, 0.2) is 17.2 Å². The molecule has 1 aromatic carbocycles. The Balaban J connectivity index is 1.63. The Kier molecular flexibility index (Phi) is 10.8. The Hall–Kier alpha value is -2.27. The quantitative estimate of drug-likeness (QED) is 0.140. The highest BCUT2D eigenvalue weighted by atomic mass is 33.1. The smallest absolute Gasteiger partial charge is 0.326 e. The second-order valence-corrected chi connectivity index (χ2v) is 10.4. The Morgan fingerprint density at radius 2 is 1.78 bits per heavy atom. The minimum Gasteiger partial charge on any atom is -0.504 e. The molecule has 9 nitrogen and oxygen atoms in total. The number of phenolic OH excluding ortho intramolecular Hbond substituents is 3. The van der Waals surface area contributed by atoms with Crippen molar-refractivity contribution < 1.29 is 34.8 Å². The first kappa shape index (κ1) is 26.0. The van der Waals surface area contributed by atoms with Crippen LogP contribution >= 0.6 is 21.6 Å². The van der Waals surface area contributed by atoms with Crippen LogP contribution in [0.2, 0.25) is 0 Å². The summed E-state index contributed by atoms with van der Waals surface area (Å²) in [5.74, 6) is -2.94. The van der Waals surface area contributed by atoms with Crippen LogP contribution in [0.4, 0.5) is 0 Å². The largest absolute Gasteiger partial charge is 0.504 e. The maximum Gasteiger partial charge on any atom is 0.326 e. The molecule has 2 atom stereocenters. The van der Waals surface area contributed by atoms with E-state index in [1.807, 2.05) is 21.6 Å². The predicted octanol–water partition coefficient (Wildman–Crippen LogP) is 2.99. The number of aromatic hydroxyl groups is 3. The maximum atomic E-state index is 12.2. The Bertz CT molecular complexity index is 777. The molecule has 1 aromatic rings. The number of unbranched alkanes of at least 4 members (excludes halogenated alkanes) is 2. The molecule has 1 heterocycles. The number of nitrogens with one attached hydrogen (secondary N) is 2. The summed E-state index contributed by atoms with van der Waals surface area (Å²) in [5.41, 5.74) is -0.179. The highest BCUT2D eigenvalue weighted by molar-refractivity contribution is 8.77. The van der Waals surface area contributed by atoms with E-state index in [4.69, 9.17) is 0 Å². The van der Waals surface area contributed by atoms with E-state index in [1.165, 1.54) is 12.2 Å². The molecular formula is C21H30N2O7S2. The minimum absolute atomic E-state index is 0.00603. The lowest BCUT2D eigenvalue weighted by molar-refractivity contribution is -0.139. The van der Waals surface area contributed by atoms with Crippen molar-refractivity contribution in [3.63, 3.8) is 0 Å². The third-order valence-corrected chi connectivity index (χ3v) is 8.09. The Morgan fingerprint density at radius 1 is 1.06 bits per heavy atom. The molecule has 0 spiro atoms. The second-order valence-electron chi connectivity index (χ2n) is 7.65. The molecule has 1 unspecified atom stereocenters. The third kappa shape index (κ3) is 8.70. The van der Waals surface area contributed by atoms with Crippen molar-refractivity contribution in [3.8, 4) is 17.2 Å². The number of hydrogen-bond acceptors (Lipinski definition) is 8. The van der Waals surface area contributed by atoms with Gasteiger partial charge in [0.05, 0.1) is 0 Å². The summed E-state index contributed by atoms with van der Waals surface area (Å²) in [6.45, 7) is 0.438. The summed E-state index contributed by atoms with van der Waals surface area (Å²) in [4.78, 5) is 35.6. The molecule has 11 heteroatoms. The fraction of sp³-hybridized carbons (Fsp3) is 0.571. The number of phenols is 3. The third-order valence-electron chi connectivity index (χ3n) is 5.08. The number of carbonyl (C=O) groups excluding carboxylic acids is 2. The highest BCUT2D eigenvalue weighted by Crippen LogP contribution is 2.40. The normalized spacial score (nSPS) is 16.4. The lowest BCUT2D eigenvalue weighted by Gasteiger charge is -2.15. The van der Waals surface area contributed by atoms with Crippen LogP contribution in [-0.2, 0) is 9.59 Å². The van der Waals surface area contributed by atoms with Crippen molar-refractivity contribution in [2.24, 2.45) is 0 Å². The highest BCUT2D eigenvalue weighted by Gasteiger charge is 2.22. The van der Waals surface area contributed by atoms with E-state index in [2.05, 4.69) is 10.6 Å². The van der Waals surface area contributed by atoms with Gasteiger partial charge in [0.1, 0.15) is 6.04 Å². The molecule has 0 radical (unpaired) electrons. The molecule has 1 aliphatic rings. The van der Waals surface area contributed by atoms with E-state index in [0.717, 1.165) is 36.6 Å². The van der Waals surface area contributed by atoms with Gasteiger partial charge in [-0.2, -0.15) is 0 Å². The zero-order valence-corrected chi connectivity index (χ0v) is 19.3. The van der Waals surface area contributed by atoms with Crippen LogP contribution in [0.15, 0.2) is 12.1 Å². The van der Waals surface area contributed by atoms with E-state index < -0.39 is 35.2 Å². The van der Waals surface area contributed by atoms with Crippen LogP contribution in [-0.4, -0.2) is 61.8 Å². The van der Waals surface area contributed by atoms with E-state index >= 15 is 0 Å². The van der Waals surface area contributed by atoms with Crippen molar-refractivity contribution in [2.45, 2.75) is 62.7 Å². The van der Waals surface area contributed by atoms with Crippen LogP contribution in [0.3, 0.4) is 0 Å². The number of carbonyl (C=O) groups is 3. The zero-order chi connectivity index (χ0) is 23.5. The van der Waals surface area contributed by atoms with E-state index in [1.54, 1.807) is 0 Å². The number of carboxylic acid groups (broad SMARTS) is 1. The molecule has 0 saturated carbocycles. The molecule has 0 bridgehead atoms. The van der Waals surface area contributed by atoms with Gasteiger partial charge in [0.2, 0.25) is 5.91 Å². The fourth-order valence-electron chi connectivity index (χ4n) is 3.25. The lowest BCUT2D eigenvalue weighted by Crippen LogP contribution is -2.40. The number of hydrogen-bond donors (Lipinski definition) is 6. The molecular weight excluding hydrogens is 456 g/mol. The van der Waals surface area contributed by atoms with Gasteiger partial charge in [0, 0.05) is 29.5 Å². The molecule has 0 aliphatic carbocycles. The molecule has 178 valence electrons. The standard InChI is InChI=1S/C21H30N2O7S2/c24-16-11-13(12-17(25)19(16)27)20(28)23-15(21(29)30)6-3-4-9-22-18(26)7-2-1-5-14-8-10-31-32-14/h11-12,14-15,24-25,27H,1-10H2,(H,22,26)(H,23,28)(H,29,30)/t14-,15?/m1/s1. The lowest BCUT2D eigenvalue weighted by atomic mass is 10.1. The monoisotopic (exact) mass is 486 g/mol. The second kappa shape index (κ2) is 13.3. The van der Waals surface area contributed by atoms with Crippen LogP contribution in [0.25, 0.3) is 0 Å². The summed E-state index contributed by atoms with van der Waals surface area (Å²) >= 11 is 0. The van der Waals surface area contributed by atoms with E-state index in [0.29, 0.717) is 25.8 Å². The number of carboxylic acids is 1. The van der Waals surface area contributed by atoms with Gasteiger partial charge in [-0.05, 0) is 50.7 Å². The Labute approximate surface area is 194 Å². The van der Waals surface area contributed by atoms with Crippen molar-refractivity contribution in [1.29, 1.82) is 0 Å². The van der Waals surface area contributed by atoms with Gasteiger partial charge < -0.3 is 31.1 Å². The van der Waals surface area contributed by atoms with Gasteiger partial charge in [-0.25, -0.2) is 4.79 Å². The van der Waals surface area contributed by atoms with Crippen LogP contribution in [0, 0.1) is 0 Å². The van der Waals surface area contributed by atoms with Gasteiger partial charge in [-0.15, -0.1) is 0 Å². The molecule has 32 heavy (non-hydrogen) atoms. The van der Waals surface area contributed by atoms with Gasteiger partial charge in [0.25, 0.3) is 5.91 Å². The first-order valence-electron chi connectivity index (χ1n) is 10.6. The molecule has 6 N–H and O–H groups in total. The fourth-order valence-corrected chi connectivity index (χ4v) is 6.27. The number of aliphatic carboxylic acids is 1. The SMILES string of the molecule is O=C(CCCC[C@@H]1CCSS1)NCCCCC(NC(=O)c1cc(O)c(O)c(O)c1)C(=O)O. The summed E-state index contributed by atoms with van der Waals surface area (Å²) < 4.78 is 0. The van der Waals surface area contributed by atoms with E-state index in [-0.39, 0.29) is 17.9 Å².